The molecule has 3 aromatic carbocycles. The van der Waals surface area contributed by atoms with E-state index in [4.69, 9.17) is 4.74 Å². The summed E-state index contributed by atoms with van der Waals surface area (Å²) >= 11 is 0. The van der Waals surface area contributed by atoms with Gasteiger partial charge in [0.2, 0.25) is 0 Å². The molecule has 1 unspecified atom stereocenters. The van der Waals surface area contributed by atoms with Gasteiger partial charge in [-0.05, 0) is 41.0 Å². The molecule has 6 heteroatoms. The van der Waals surface area contributed by atoms with Crippen molar-refractivity contribution in [3.63, 3.8) is 0 Å². The minimum Gasteiger partial charge on any atom is -0.379 e. The summed E-state index contributed by atoms with van der Waals surface area (Å²) < 4.78 is 19.3. The van der Waals surface area contributed by atoms with Crippen molar-refractivity contribution in [3.05, 3.63) is 94.8 Å². The minimum absolute atomic E-state index is 0.0591. The number of morpholine rings is 1. The first kappa shape index (κ1) is 20.5. The van der Waals surface area contributed by atoms with Crippen LogP contribution in [-0.4, -0.2) is 49.4 Å². The molecule has 5 nitrogen and oxygen atoms in total. The molecule has 0 spiro atoms. The quantitative estimate of drug-likeness (QED) is 0.523. The molecule has 1 fully saturated rings. The highest BCUT2D eigenvalue weighted by Gasteiger charge is 2.28. The fourth-order valence-corrected chi connectivity index (χ4v) is 4.52. The summed E-state index contributed by atoms with van der Waals surface area (Å²) in [6.07, 6.45) is 0. The van der Waals surface area contributed by atoms with Gasteiger partial charge in [-0.2, -0.15) is 0 Å². The molecule has 1 atom stereocenters. The molecule has 3 aromatic rings. The standard InChI is InChI=1S/C26H23FN2O3/c27-19-5-3-4-17(14-19)24(29-10-12-32-13-11-29)16-28-26(31)18-8-9-21-20-6-1-2-7-22(20)25(30)23(21)15-18/h1-9,14-15,24H,10-13,16H2,(H,28,31). The van der Waals surface area contributed by atoms with Crippen LogP contribution in [-0.2, 0) is 4.74 Å². The van der Waals surface area contributed by atoms with Crippen LogP contribution in [0.2, 0.25) is 0 Å². The number of rotatable bonds is 5. The summed E-state index contributed by atoms with van der Waals surface area (Å²) in [5.74, 6) is -0.619. The molecule has 1 aliphatic carbocycles. The van der Waals surface area contributed by atoms with Crippen LogP contribution in [0.25, 0.3) is 11.1 Å². The second kappa shape index (κ2) is 8.65. The molecule has 1 saturated heterocycles. The lowest BCUT2D eigenvalue weighted by Crippen LogP contribution is -2.43. The van der Waals surface area contributed by atoms with Gasteiger partial charge in [0.1, 0.15) is 5.82 Å². The lowest BCUT2D eigenvalue weighted by atomic mass is 10.0. The Balaban J connectivity index is 1.35. The Morgan fingerprint density at radius 3 is 2.47 bits per heavy atom. The fourth-order valence-electron chi connectivity index (χ4n) is 4.52. The van der Waals surface area contributed by atoms with Gasteiger partial charge < -0.3 is 10.1 Å². The first-order valence-electron chi connectivity index (χ1n) is 10.8. The summed E-state index contributed by atoms with van der Waals surface area (Å²) in [6, 6.07) is 19.0. The number of hydrogen-bond donors (Lipinski definition) is 1. The summed E-state index contributed by atoms with van der Waals surface area (Å²) in [5, 5.41) is 2.99. The van der Waals surface area contributed by atoms with Gasteiger partial charge in [-0.15, -0.1) is 0 Å². The van der Waals surface area contributed by atoms with E-state index in [1.54, 1.807) is 18.2 Å². The van der Waals surface area contributed by atoms with E-state index in [2.05, 4.69) is 10.2 Å². The predicted octanol–water partition coefficient (Wildman–Crippen LogP) is 3.84. The van der Waals surface area contributed by atoms with Crippen molar-refractivity contribution in [2.75, 3.05) is 32.8 Å². The van der Waals surface area contributed by atoms with Crippen LogP contribution >= 0.6 is 0 Å². The summed E-state index contributed by atoms with van der Waals surface area (Å²) in [5.41, 5.74) is 4.22. The number of carbonyl (C=O) groups is 2. The molecule has 0 radical (unpaired) electrons. The highest BCUT2D eigenvalue weighted by Crippen LogP contribution is 2.36. The van der Waals surface area contributed by atoms with Crippen molar-refractivity contribution < 1.29 is 18.7 Å². The monoisotopic (exact) mass is 430 g/mol. The van der Waals surface area contributed by atoms with Gasteiger partial charge in [0.05, 0.1) is 19.3 Å². The molecule has 1 heterocycles. The van der Waals surface area contributed by atoms with Gasteiger partial charge in [-0.25, -0.2) is 4.39 Å². The Labute approximate surface area is 185 Å². The van der Waals surface area contributed by atoms with E-state index in [1.165, 1.54) is 12.1 Å². The number of ketones is 1. The lowest BCUT2D eigenvalue weighted by Gasteiger charge is -2.35. The predicted molar refractivity (Wildman–Crippen MR) is 119 cm³/mol. The highest BCUT2D eigenvalue weighted by molar-refractivity contribution is 6.22. The fraction of sp³-hybridized carbons (Fsp3) is 0.231. The van der Waals surface area contributed by atoms with Crippen molar-refractivity contribution in [2.24, 2.45) is 0 Å². The molecule has 1 aliphatic heterocycles. The summed E-state index contributed by atoms with van der Waals surface area (Å²) in [7, 11) is 0. The molecular weight excluding hydrogens is 407 g/mol. The maximum Gasteiger partial charge on any atom is 0.251 e. The molecule has 162 valence electrons. The Hall–Kier alpha value is -3.35. The molecular formula is C26H23FN2O3. The molecule has 5 rings (SSSR count). The van der Waals surface area contributed by atoms with Gasteiger partial charge in [-0.3, -0.25) is 14.5 Å². The van der Waals surface area contributed by atoms with E-state index >= 15 is 0 Å². The molecule has 1 amide bonds. The number of nitrogens with one attached hydrogen (secondary N) is 1. The second-order valence-corrected chi connectivity index (χ2v) is 8.06. The molecule has 32 heavy (non-hydrogen) atoms. The van der Waals surface area contributed by atoms with Crippen LogP contribution < -0.4 is 5.32 Å². The first-order valence-corrected chi connectivity index (χ1v) is 10.8. The summed E-state index contributed by atoms with van der Waals surface area (Å²) in [4.78, 5) is 27.9. The van der Waals surface area contributed by atoms with Crippen LogP contribution in [0.4, 0.5) is 4.39 Å². The first-order chi connectivity index (χ1) is 15.6. The third-order valence-electron chi connectivity index (χ3n) is 6.16. The number of fused-ring (bicyclic) bond motifs is 3. The van der Waals surface area contributed by atoms with Gasteiger partial charge in [-0.1, -0.05) is 42.5 Å². The van der Waals surface area contributed by atoms with E-state index < -0.39 is 0 Å². The summed E-state index contributed by atoms with van der Waals surface area (Å²) in [6.45, 7) is 2.96. The number of ether oxygens (including phenoxy) is 1. The minimum atomic E-state index is -0.302. The SMILES string of the molecule is O=C(NCC(c1cccc(F)c1)N1CCOCC1)c1ccc2c(c1)C(=O)c1ccccc1-2. The third kappa shape index (κ3) is 3.83. The van der Waals surface area contributed by atoms with E-state index in [-0.39, 0.29) is 23.5 Å². The number of hydrogen-bond acceptors (Lipinski definition) is 4. The molecule has 0 aromatic heterocycles. The van der Waals surface area contributed by atoms with Crippen LogP contribution in [0.15, 0.2) is 66.7 Å². The Morgan fingerprint density at radius 1 is 0.938 bits per heavy atom. The smallest absolute Gasteiger partial charge is 0.251 e. The van der Waals surface area contributed by atoms with Crippen LogP contribution in [0.3, 0.4) is 0 Å². The number of halogens is 1. The number of carbonyl (C=O) groups excluding carboxylic acids is 2. The molecule has 1 N–H and O–H groups in total. The van der Waals surface area contributed by atoms with Crippen LogP contribution in [0, 0.1) is 5.82 Å². The van der Waals surface area contributed by atoms with Crippen molar-refractivity contribution >= 4 is 11.7 Å². The zero-order chi connectivity index (χ0) is 22.1. The average molecular weight is 430 g/mol. The zero-order valence-electron chi connectivity index (χ0n) is 17.5. The van der Waals surface area contributed by atoms with Gasteiger partial charge in [0, 0.05) is 36.3 Å². The molecule has 0 bridgehead atoms. The van der Waals surface area contributed by atoms with Crippen molar-refractivity contribution in [3.8, 4) is 11.1 Å². The Kier molecular flexibility index (Phi) is 5.55. The normalized spacial score (nSPS) is 16.3. The third-order valence-corrected chi connectivity index (χ3v) is 6.16. The second-order valence-electron chi connectivity index (χ2n) is 8.06. The zero-order valence-corrected chi connectivity index (χ0v) is 17.5. The van der Waals surface area contributed by atoms with Crippen molar-refractivity contribution in [1.29, 1.82) is 0 Å². The largest absolute Gasteiger partial charge is 0.379 e. The van der Waals surface area contributed by atoms with Gasteiger partial charge >= 0.3 is 0 Å². The van der Waals surface area contributed by atoms with Crippen LogP contribution in [0.5, 0.6) is 0 Å². The Bertz CT molecular complexity index is 1190. The maximum atomic E-state index is 13.9. The van der Waals surface area contributed by atoms with Crippen molar-refractivity contribution in [2.45, 2.75) is 6.04 Å². The maximum absolute atomic E-state index is 13.9. The van der Waals surface area contributed by atoms with Gasteiger partial charge in [0.15, 0.2) is 5.78 Å². The molecule has 0 saturated carbocycles. The topological polar surface area (TPSA) is 58.6 Å². The molecule has 2 aliphatic rings. The number of benzene rings is 3. The van der Waals surface area contributed by atoms with E-state index in [0.717, 1.165) is 16.7 Å². The Morgan fingerprint density at radius 2 is 1.69 bits per heavy atom. The van der Waals surface area contributed by atoms with Crippen molar-refractivity contribution in [1.82, 2.24) is 10.2 Å². The van der Waals surface area contributed by atoms with E-state index in [0.29, 0.717) is 49.5 Å². The van der Waals surface area contributed by atoms with E-state index in [1.807, 2.05) is 36.4 Å². The number of amides is 1. The average Bonchev–Trinajstić information content (AvgIpc) is 3.11. The van der Waals surface area contributed by atoms with Crippen LogP contribution in [0.1, 0.15) is 37.9 Å². The highest BCUT2D eigenvalue weighted by atomic mass is 19.1. The lowest BCUT2D eigenvalue weighted by molar-refractivity contribution is 0.0162. The number of nitrogens with zero attached hydrogens (tertiary/aromatic N) is 1. The van der Waals surface area contributed by atoms with E-state index in [9.17, 15) is 14.0 Å². The van der Waals surface area contributed by atoms with Gasteiger partial charge in [0.25, 0.3) is 5.91 Å².